The summed E-state index contributed by atoms with van der Waals surface area (Å²) >= 11 is 6.04. The van der Waals surface area contributed by atoms with E-state index in [1.165, 1.54) is 5.69 Å². The number of nitrogens with zero attached hydrogens (tertiary/aromatic N) is 3. The van der Waals surface area contributed by atoms with Crippen molar-refractivity contribution in [3.8, 4) is 0 Å². The Hall–Kier alpha value is -1.35. The quantitative estimate of drug-likeness (QED) is 0.781. The molecule has 0 saturated heterocycles. The standard InChI is InChI=1S/C11H12ClN3/c1-8-9(2)15(7-14-8)6-10-3-4-13-5-11(10)12/h3-5,7H,6H2,1-2H3. The van der Waals surface area contributed by atoms with E-state index >= 15 is 0 Å². The number of aryl methyl sites for hydroxylation is 1. The van der Waals surface area contributed by atoms with Crippen molar-refractivity contribution in [2.45, 2.75) is 20.4 Å². The van der Waals surface area contributed by atoms with Crippen LogP contribution in [0.3, 0.4) is 0 Å². The summed E-state index contributed by atoms with van der Waals surface area (Å²) < 4.78 is 2.08. The minimum absolute atomic E-state index is 0.697. The third-order valence-corrected chi connectivity index (χ3v) is 2.88. The lowest BCUT2D eigenvalue weighted by molar-refractivity contribution is 0.767. The van der Waals surface area contributed by atoms with Gasteiger partial charge in [0.2, 0.25) is 0 Å². The van der Waals surface area contributed by atoms with Crippen molar-refractivity contribution >= 4 is 11.6 Å². The molecule has 0 unspecified atom stereocenters. The van der Waals surface area contributed by atoms with Crippen LogP contribution in [-0.2, 0) is 6.54 Å². The minimum Gasteiger partial charge on any atom is -0.330 e. The van der Waals surface area contributed by atoms with Gasteiger partial charge in [-0.1, -0.05) is 11.6 Å². The highest BCUT2D eigenvalue weighted by molar-refractivity contribution is 6.31. The zero-order valence-corrected chi connectivity index (χ0v) is 9.49. The van der Waals surface area contributed by atoms with Gasteiger partial charge in [-0.15, -0.1) is 0 Å². The monoisotopic (exact) mass is 221 g/mol. The molecule has 0 atom stereocenters. The van der Waals surface area contributed by atoms with Crippen molar-refractivity contribution in [3.63, 3.8) is 0 Å². The van der Waals surface area contributed by atoms with Gasteiger partial charge in [0.15, 0.2) is 0 Å². The van der Waals surface area contributed by atoms with E-state index in [4.69, 9.17) is 11.6 Å². The summed E-state index contributed by atoms with van der Waals surface area (Å²) in [6.07, 6.45) is 5.25. The van der Waals surface area contributed by atoms with Crippen LogP contribution < -0.4 is 0 Å². The Morgan fingerprint density at radius 1 is 1.40 bits per heavy atom. The fourth-order valence-corrected chi connectivity index (χ4v) is 1.60. The zero-order chi connectivity index (χ0) is 10.8. The molecule has 0 aliphatic rings. The molecule has 78 valence electrons. The van der Waals surface area contributed by atoms with Crippen LogP contribution in [0.2, 0.25) is 5.02 Å². The van der Waals surface area contributed by atoms with E-state index < -0.39 is 0 Å². The Bertz CT molecular complexity index is 476. The smallest absolute Gasteiger partial charge is 0.0954 e. The van der Waals surface area contributed by atoms with Crippen molar-refractivity contribution < 1.29 is 0 Å². The van der Waals surface area contributed by atoms with Gasteiger partial charge in [0.1, 0.15) is 0 Å². The molecule has 2 aromatic rings. The minimum atomic E-state index is 0.697. The second-order valence-corrected chi connectivity index (χ2v) is 3.92. The molecule has 0 N–H and O–H groups in total. The van der Waals surface area contributed by atoms with E-state index in [9.17, 15) is 0 Å². The second-order valence-electron chi connectivity index (χ2n) is 3.51. The number of imidazole rings is 1. The van der Waals surface area contributed by atoms with Crippen LogP contribution in [0, 0.1) is 13.8 Å². The summed E-state index contributed by atoms with van der Waals surface area (Å²) in [4.78, 5) is 8.20. The third-order valence-electron chi connectivity index (χ3n) is 2.54. The molecular weight excluding hydrogens is 210 g/mol. The van der Waals surface area contributed by atoms with E-state index in [0.717, 1.165) is 17.8 Å². The average Bonchev–Trinajstić information content (AvgIpc) is 2.53. The van der Waals surface area contributed by atoms with Crippen LogP contribution in [0.25, 0.3) is 0 Å². The van der Waals surface area contributed by atoms with Gasteiger partial charge in [-0.2, -0.15) is 0 Å². The van der Waals surface area contributed by atoms with Crippen molar-refractivity contribution in [1.29, 1.82) is 0 Å². The molecule has 0 aliphatic heterocycles. The van der Waals surface area contributed by atoms with E-state index in [0.29, 0.717) is 5.02 Å². The van der Waals surface area contributed by atoms with E-state index in [-0.39, 0.29) is 0 Å². The fourth-order valence-electron chi connectivity index (χ4n) is 1.42. The largest absolute Gasteiger partial charge is 0.330 e. The first-order valence-corrected chi connectivity index (χ1v) is 5.13. The summed E-state index contributed by atoms with van der Waals surface area (Å²) in [6, 6.07) is 1.93. The summed E-state index contributed by atoms with van der Waals surface area (Å²) in [7, 11) is 0. The van der Waals surface area contributed by atoms with Crippen LogP contribution in [0.15, 0.2) is 24.8 Å². The molecule has 0 aromatic carbocycles. The zero-order valence-electron chi connectivity index (χ0n) is 8.74. The molecule has 15 heavy (non-hydrogen) atoms. The molecule has 2 rings (SSSR count). The predicted molar refractivity (Wildman–Crippen MR) is 60.1 cm³/mol. The molecule has 0 amide bonds. The summed E-state index contributed by atoms with van der Waals surface area (Å²) in [5.74, 6) is 0. The number of aromatic nitrogens is 3. The third kappa shape index (κ3) is 2.02. The van der Waals surface area contributed by atoms with Gasteiger partial charge >= 0.3 is 0 Å². The topological polar surface area (TPSA) is 30.7 Å². The second kappa shape index (κ2) is 4.03. The molecule has 2 heterocycles. The first-order valence-electron chi connectivity index (χ1n) is 4.75. The molecule has 0 fully saturated rings. The van der Waals surface area contributed by atoms with Crippen molar-refractivity contribution in [2.75, 3.05) is 0 Å². The summed E-state index contributed by atoms with van der Waals surface area (Å²) in [6.45, 7) is 4.80. The van der Waals surface area contributed by atoms with Gasteiger partial charge in [0.25, 0.3) is 0 Å². The maximum Gasteiger partial charge on any atom is 0.0954 e. The van der Waals surface area contributed by atoms with Crippen molar-refractivity contribution in [3.05, 3.63) is 46.8 Å². The van der Waals surface area contributed by atoms with Gasteiger partial charge < -0.3 is 4.57 Å². The average molecular weight is 222 g/mol. The molecule has 0 radical (unpaired) electrons. The maximum absolute atomic E-state index is 6.04. The lowest BCUT2D eigenvalue weighted by Gasteiger charge is -2.06. The summed E-state index contributed by atoms with van der Waals surface area (Å²) in [5.41, 5.74) is 3.29. The molecule has 4 heteroatoms. The number of rotatable bonds is 2. The van der Waals surface area contributed by atoms with Gasteiger partial charge in [0.05, 0.1) is 23.6 Å². The molecule has 3 nitrogen and oxygen atoms in total. The van der Waals surface area contributed by atoms with E-state index in [2.05, 4.69) is 21.5 Å². The van der Waals surface area contributed by atoms with Crippen LogP contribution in [0.5, 0.6) is 0 Å². The highest BCUT2D eigenvalue weighted by Crippen LogP contribution is 2.16. The van der Waals surface area contributed by atoms with Gasteiger partial charge in [-0.25, -0.2) is 4.98 Å². The van der Waals surface area contributed by atoms with Crippen LogP contribution in [0.4, 0.5) is 0 Å². The molecule has 0 saturated carbocycles. The Kier molecular flexibility index (Phi) is 2.73. The SMILES string of the molecule is Cc1ncn(Cc2ccncc2Cl)c1C. The maximum atomic E-state index is 6.04. The van der Waals surface area contributed by atoms with Crippen LogP contribution in [0.1, 0.15) is 17.0 Å². The predicted octanol–water partition coefficient (Wildman–Crippen LogP) is 2.60. The molecule has 2 aromatic heterocycles. The fraction of sp³-hybridized carbons (Fsp3) is 0.273. The summed E-state index contributed by atoms with van der Waals surface area (Å²) in [5, 5.41) is 0.697. The Morgan fingerprint density at radius 3 is 2.80 bits per heavy atom. The first kappa shape index (κ1) is 10.2. The van der Waals surface area contributed by atoms with Crippen LogP contribution in [-0.4, -0.2) is 14.5 Å². The normalized spacial score (nSPS) is 10.6. The van der Waals surface area contributed by atoms with E-state index in [1.54, 1.807) is 12.4 Å². The highest BCUT2D eigenvalue weighted by Gasteiger charge is 2.05. The van der Waals surface area contributed by atoms with Gasteiger partial charge in [-0.05, 0) is 25.5 Å². The van der Waals surface area contributed by atoms with Gasteiger partial charge in [-0.3, -0.25) is 4.98 Å². The van der Waals surface area contributed by atoms with Crippen molar-refractivity contribution in [1.82, 2.24) is 14.5 Å². The Balaban J connectivity index is 2.30. The van der Waals surface area contributed by atoms with E-state index in [1.807, 2.05) is 19.3 Å². The molecule has 0 bridgehead atoms. The highest BCUT2D eigenvalue weighted by atomic mass is 35.5. The lowest BCUT2D eigenvalue weighted by Crippen LogP contribution is -2.01. The van der Waals surface area contributed by atoms with Gasteiger partial charge in [0, 0.05) is 18.1 Å². The van der Waals surface area contributed by atoms with Crippen LogP contribution >= 0.6 is 11.6 Å². The number of hydrogen-bond donors (Lipinski definition) is 0. The number of pyridine rings is 1. The molecular formula is C11H12ClN3. The molecule has 0 aliphatic carbocycles. The first-order chi connectivity index (χ1) is 7.18. The number of halogens is 1. The number of hydrogen-bond acceptors (Lipinski definition) is 2. The lowest BCUT2D eigenvalue weighted by atomic mass is 10.2. The Morgan fingerprint density at radius 2 is 2.20 bits per heavy atom. The van der Waals surface area contributed by atoms with Crippen molar-refractivity contribution in [2.24, 2.45) is 0 Å². The molecule has 0 spiro atoms. The Labute approximate surface area is 93.7 Å².